The molecule has 0 radical (unpaired) electrons. The van der Waals surface area contributed by atoms with E-state index in [-0.39, 0.29) is 12.3 Å². The largest absolute Gasteiger partial charge is 0.416 e. The number of carbonyl (C=O) groups excluding carboxylic acids is 1. The Hall–Kier alpha value is -1.76. The summed E-state index contributed by atoms with van der Waals surface area (Å²) in [5.74, 6) is 0. The molecule has 0 saturated carbocycles. The second-order valence-electron chi connectivity index (χ2n) is 3.89. The van der Waals surface area contributed by atoms with Gasteiger partial charge in [-0.1, -0.05) is 6.07 Å². The number of aliphatic hydroxyl groups is 1. The highest BCUT2D eigenvalue weighted by molar-refractivity contribution is 5.89. The summed E-state index contributed by atoms with van der Waals surface area (Å²) in [4.78, 5) is 11.4. The topological polar surface area (TPSA) is 61.4 Å². The quantitative estimate of drug-likeness (QED) is 0.724. The highest BCUT2D eigenvalue weighted by atomic mass is 19.4. The predicted molar refractivity (Wildman–Crippen MR) is 64.8 cm³/mol. The second kappa shape index (κ2) is 6.98. The van der Waals surface area contributed by atoms with E-state index in [1.165, 1.54) is 12.1 Å². The molecule has 1 aromatic carbocycles. The first-order valence-corrected chi connectivity index (χ1v) is 5.76. The molecule has 0 fully saturated rings. The van der Waals surface area contributed by atoms with Crippen LogP contribution in [0.2, 0.25) is 0 Å². The van der Waals surface area contributed by atoms with E-state index in [2.05, 4.69) is 10.6 Å². The first-order chi connectivity index (χ1) is 8.93. The van der Waals surface area contributed by atoms with Crippen LogP contribution in [-0.4, -0.2) is 24.3 Å². The average molecular weight is 276 g/mol. The molecule has 1 rings (SSSR count). The second-order valence-corrected chi connectivity index (χ2v) is 3.89. The molecule has 0 spiro atoms. The maximum absolute atomic E-state index is 12.4. The number of carbonyl (C=O) groups is 1. The molecule has 7 heteroatoms. The number of rotatable bonds is 5. The molecule has 1 aromatic rings. The van der Waals surface area contributed by atoms with Crippen LogP contribution in [0, 0.1) is 0 Å². The maximum atomic E-state index is 12.4. The Bertz CT molecular complexity index is 422. The van der Waals surface area contributed by atoms with Crippen molar-refractivity contribution in [1.82, 2.24) is 5.32 Å². The number of hydrogen-bond donors (Lipinski definition) is 3. The third kappa shape index (κ3) is 5.60. The number of benzene rings is 1. The molecule has 0 aliphatic heterocycles. The van der Waals surface area contributed by atoms with Crippen LogP contribution >= 0.6 is 0 Å². The lowest BCUT2D eigenvalue weighted by molar-refractivity contribution is -0.137. The number of amides is 2. The molecular weight excluding hydrogens is 261 g/mol. The summed E-state index contributed by atoms with van der Waals surface area (Å²) >= 11 is 0. The third-order valence-electron chi connectivity index (χ3n) is 2.32. The maximum Gasteiger partial charge on any atom is 0.416 e. The van der Waals surface area contributed by atoms with Crippen LogP contribution in [0.3, 0.4) is 0 Å². The first kappa shape index (κ1) is 15.3. The number of unbranched alkanes of at least 4 members (excludes halogenated alkanes) is 1. The van der Waals surface area contributed by atoms with Gasteiger partial charge in [-0.05, 0) is 31.0 Å². The number of anilines is 1. The lowest BCUT2D eigenvalue weighted by Gasteiger charge is -2.10. The van der Waals surface area contributed by atoms with E-state index in [0.29, 0.717) is 19.4 Å². The van der Waals surface area contributed by atoms with Gasteiger partial charge < -0.3 is 15.7 Å². The zero-order valence-electron chi connectivity index (χ0n) is 10.1. The van der Waals surface area contributed by atoms with Crippen molar-refractivity contribution < 1.29 is 23.1 Å². The molecule has 0 heterocycles. The zero-order valence-corrected chi connectivity index (χ0v) is 10.1. The van der Waals surface area contributed by atoms with Crippen LogP contribution in [0.4, 0.5) is 23.7 Å². The lowest BCUT2D eigenvalue weighted by Crippen LogP contribution is -2.29. The number of alkyl halides is 3. The van der Waals surface area contributed by atoms with Crippen molar-refractivity contribution in [3.8, 4) is 0 Å². The fraction of sp³-hybridized carbons (Fsp3) is 0.417. The summed E-state index contributed by atoms with van der Waals surface area (Å²) in [5.41, 5.74) is -0.736. The van der Waals surface area contributed by atoms with Gasteiger partial charge in [0.05, 0.1) is 5.56 Å². The van der Waals surface area contributed by atoms with Gasteiger partial charge in [-0.3, -0.25) is 0 Å². The van der Waals surface area contributed by atoms with Crippen molar-refractivity contribution in [3.63, 3.8) is 0 Å². The van der Waals surface area contributed by atoms with Gasteiger partial charge in [-0.2, -0.15) is 13.2 Å². The monoisotopic (exact) mass is 276 g/mol. The Labute approximate surface area is 108 Å². The normalized spacial score (nSPS) is 11.2. The molecule has 0 aromatic heterocycles. The van der Waals surface area contributed by atoms with E-state index in [9.17, 15) is 18.0 Å². The molecule has 0 atom stereocenters. The smallest absolute Gasteiger partial charge is 0.396 e. The molecule has 2 amide bonds. The van der Waals surface area contributed by atoms with Gasteiger partial charge >= 0.3 is 12.2 Å². The van der Waals surface area contributed by atoms with E-state index in [0.717, 1.165) is 12.1 Å². The summed E-state index contributed by atoms with van der Waals surface area (Å²) in [6, 6.07) is 3.84. The Morgan fingerprint density at radius 3 is 2.63 bits per heavy atom. The van der Waals surface area contributed by atoms with E-state index in [1.807, 2.05) is 0 Å². The number of hydrogen-bond acceptors (Lipinski definition) is 2. The van der Waals surface area contributed by atoms with Crippen molar-refractivity contribution in [1.29, 1.82) is 0 Å². The highest BCUT2D eigenvalue weighted by Crippen LogP contribution is 2.30. The molecular formula is C12H15F3N2O2. The van der Waals surface area contributed by atoms with Crippen LogP contribution in [0.1, 0.15) is 18.4 Å². The molecule has 0 aliphatic rings. The van der Waals surface area contributed by atoms with Crippen LogP contribution in [0.25, 0.3) is 0 Å². The molecule has 0 unspecified atom stereocenters. The molecule has 19 heavy (non-hydrogen) atoms. The molecule has 106 valence electrons. The zero-order chi connectivity index (χ0) is 14.3. The Morgan fingerprint density at radius 1 is 1.26 bits per heavy atom. The van der Waals surface area contributed by atoms with Crippen LogP contribution in [-0.2, 0) is 6.18 Å². The summed E-state index contributed by atoms with van der Waals surface area (Å²) in [7, 11) is 0. The van der Waals surface area contributed by atoms with Crippen LogP contribution in [0.5, 0.6) is 0 Å². The van der Waals surface area contributed by atoms with E-state index < -0.39 is 17.8 Å². The van der Waals surface area contributed by atoms with E-state index >= 15 is 0 Å². The van der Waals surface area contributed by atoms with Gasteiger partial charge in [0.15, 0.2) is 0 Å². The number of nitrogens with one attached hydrogen (secondary N) is 2. The SMILES string of the molecule is O=C(NCCCCO)Nc1cccc(C(F)(F)F)c1. The number of urea groups is 1. The molecule has 4 nitrogen and oxygen atoms in total. The Morgan fingerprint density at radius 2 is 2.00 bits per heavy atom. The minimum absolute atomic E-state index is 0.0386. The summed E-state index contributed by atoms with van der Waals surface area (Å²) in [6.45, 7) is 0.391. The van der Waals surface area contributed by atoms with Gasteiger partial charge in [0.25, 0.3) is 0 Å². The van der Waals surface area contributed by atoms with Crippen molar-refractivity contribution in [2.45, 2.75) is 19.0 Å². The lowest BCUT2D eigenvalue weighted by atomic mass is 10.2. The van der Waals surface area contributed by atoms with Gasteiger partial charge in [0, 0.05) is 18.8 Å². The fourth-order valence-corrected chi connectivity index (χ4v) is 1.39. The van der Waals surface area contributed by atoms with Gasteiger partial charge in [-0.15, -0.1) is 0 Å². The molecule has 0 saturated heterocycles. The standard InChI is InChI=1S/C12H15F3N2O2/c13-12(14,15)9-4-3-5-10(8-9)17-11(19)16-6-1-2-7-18/h3-5,8,18H,1-2,6-7H2,(H2,16,17,19). The van der Waals surface area contributed by atoms with Crippen molar-refractivity contribution in [2.24, 2.45) is 0 Å². The number of aliphatic hydroxyl groups excluding tert-OH is 1. The first-order valence-electron chi connectivity index (χ1n) is 5.76. The van der Waals surface area contributed by atoms with Gasteiger partial charge in [-0.25, -0.2) is 4.79 Å². The van der Waals surface area contributed by atoms with Crippen molar-refractivity contribution in [3.05, 3.63) is 29.8 Å². The average Bonchev–Trinajstić information content (AvgIpc) is 2.34. The summed E-state index contributed by atoms with van der Waals surface area (Å²) in [6.07, 6.45) is -3.27. The van der Waals surface area contributed by atoms with Crippen molar-refractivity contribution in [2.75, 3.05) is 18.5 Å². The molecule has 0 bridgehead atoms. The molecule has 0 aliphatic carbocycles. The molecule has 3 N–H and O–H groups in total. The third-order valence-corrected chi connectivity index (χ3v) is 2.32. The van der Waals surface area contributed by atoms with Crippen molar-refractivity contribution >= 4 is 11.7 Å². The predicted octanol–water partition coefficient (Wildman–Crippen LogP) is 2.60. The summed E-state index contributed by atoms with van der Waals surface area (Å²) in [5, 5.41) is 13.3. The van der Waals surface area contributed by atoms with Crippen LogP contribution < -0.4 is 10.6 Å². The Balaban J connectivity index is 2.50. The minimum Gasteiger partial charge on any atom is -0.396 e. The highest BCUT2D eigenvalue weighted by Gasteiger charge is 2.30. The van der Waals surface area contributed by atoms with E-state index in [4.69, 9.17) is 5.11 Å². The van der Waals surface area contributed by atoms with E-state index in [1.54, 1.807) is 0 Å². The van der Waals surface area contributed by atoms with Gasteiger partial charge in [0.1, 0.15) is 0 Å². The minimum atomic E-state index is -4.44. The van der Waals surface area contributed by atoms with Gasteiger partial charge in [0.2, 0.25) is 0 Å². The number of halogens is 3. The Kier molecular flexibility index (Phi) is 5.62. The van der Waals surface area contributed by atoms with Crippen LogP contribution in [0.15, 0.2) is 24.3 Å². The fourth-order valence-electron chi connectivity index (χ4n) is 1.39. The summed E-state index contributed by atoms with van der Waals surface area (Å²) < 4.78 is 37.3.